The second kappa shape index (κ2) is 6.33. The zero-order valence-corrected chi connectivity index (χ0v) is 15.6. The summed E-state index contributed by atoms with van der Waals surface area (Å²) in [7, 11) is 0. The summed E-state index contributed by atoms with van der Waals surface area (Å²) in [4.78, 5) is 23.6. The first-order chi connectivity index (χ1) is 13.6. The summed E-state index contributed by atoms with van der Waals surface area (Å²) in [6, 6.07) is 8.73. The first-order valence-electron chi connectivity index (χ1n) is 9.44. The summed E-state index contributed by atoms with van der Waals surface area (Å²) in [5.74, 6) is 0.828. The Bertz CT molecular complexity index is 1210. The zero-order valence-electron chi connectivity index (χ0n) is 15.6. The molecule has 8 nitrogen and oxygen atoms in total. The fourth-order valence-electron chi connectivity index (χ4n) is 3.63. The number of aromatic nitrogens is 6. The third-order valence-corrected chi connectivity index (χ3v) is 5.44. The molecule has 5 rings (SSSR count). The van der Waals surface area contributed by atoms with Crippen molar-refractivity contribution in [1.82, 2.24) is 29.3 Å². The summed E-state index contributed by atoms with van der Waals surface area (Å²) in [5.41, 5.74) is 9.91. The minimum Gasteiger partial charge on any atom is -0.382 e. The molecule has 0 bridgehead atoms. The maximum absolute atomic E-state index is 12.4. The third kappa shape index (κ3) is 2.77. The van der Waals surface area contributed by atoms with Crippen LogP contribution in [-0.4, -0.2) is 29.3 Å². The third-order valence-electron chi connectivity index (χ3n) is 5.44. The van der Waals surface area contributed by atoms with Crippen molar-refractivity contribution in [1.29, 1.82) is 0 Å². The van der Waals surface area contributed by atoms with Crippen molar-refractivity contribution < 1.29 is 0 Å². The number of nitrogen functional groups attached to an aromatic ring is 1. The molecule has 8 heteroatoms. The van der Waals surface area contributed by atoms with Crippen molar-refractivity contribution >= 4 is 17.0 Å². The van der Waals surface area contributed by atoms with E-state index in [0.717, 1.165) is 16.7 Å². The number of anilines is 1. The van der Waals surface area contributed by atoms with Gasteiger partial charge in [-0.2, -0.15) is 5.10 Å². The smallest absolute Gasteiger partial charge is 0.328 e. The molecule has 1 fully saturated rings. The van der Waals surface area contributed by atoms with Crippen molar-refractivity contribution in [2.75, 3.05) is 5.73 Å². The lowest BCUT2D eigenvalue weighted by Gasteiger charge is -2.25. The van der Waals surface area contributed by atoms with E-state index in [2.05, 4.69) is 43.1 Å². The van der Waals surface area contributed by atoms with Gasteiger partial charge < -0.3 is 10.7 Å². The number of aromatic amines is 1. The molecule has 3 heterocycles. The van der Waals surface area contributed by atoms with E-state index in [0.29, 0.717) is 29.6 Å². The van der Waals surface area contributed by atoms with Crippen LogP contribution in [0, 0.1) is 6.92 Å². The highest BCUT2D eigenvalue weighted by atomic mass is 16.1. The number of nitrogens with one attached hydrogen (secondary N) is 1. The van der Waals surface area contributed by atoms with Gasteiger partial charge in [-0.1, -0.05) is 24.3 Å². The van der Waals surface area contributed by atoms with Crippen LogP contribution >= 0.6 is 0 Å². The summed E-state index contributed by atoms with van der Waals surface area (Å²) in [6.45, 7) is 2.17. The van der Waals surface area contributed by atoms with Crippen LogP contribution in [0.4, 0.5) is 5.82 Å². The predicted octanol–water partition coefficient (Wildman–Crippen LogP) is 2.65. The molecule has 0 spiro atoms. The molecule has 1 aromatic carbocycles. The lowest BCUT2D eigenvalue weighted by Crippen LogP contribution is -2.17. The van der Waals surface area contributed by atoms with Crippen LogP contribution in [0.25, 0.3) is 22.3 Å². The van der Waals surface area contributed by atoms with E-state index < -0.39 is 0 Å². The highest BCUT2D eigenvalue weighted by Gasteiger charge is 2.20. The van der Waals surface area contributed by atoms with Crippen LogP contribution in [-0.2, 0) is 6.54 Å². The number of H-pyrrole nitrogens is 1. The maximum atomic E-state index is 12.4. The van der Waals surface area contributed by atoms with Gasteiger partial charge in [0.25, 0.3) is 0 Å². The van der Waals surface area contributed by atoms with Crippen LogP contribution in [0.2, 0.25) is 0 Å². The van der Waals surface area contributed by atoms with Crippen LogP contribution in [0.3, 0.4) is 0 Å². The molecule has 1 aliphatic carbocycles. The van der Waals surface area contributed by atoms with Crippen molar-refractivity contribution in [2.45, 2.75) is 38.8 Å². The van der Waals surface area contributed by atoms with E-state index >= 15 is 0 Å². The lowest BCUT2D eigenvalue weighted by molar-refractivity contribution is 0.289. The van der Waals surface area contributed by atoms with Gasteiger partial charge in [0.15, 0.2) is 11.5 Å². The molecule has 4 aromatic rings. The molecule has 0 radical (unpaired) electrons. The Morgan fingerprint density at radius 1 is 1.18 bits per heavy atom. The Morgan fingerprint density at radius 3 is 2.68 bits per heavy atom. The molecular weight excluding hydrogens is 354 g/mol. The fraction of sp³-hybridized carbons (Fsp3) is 0.300. The molecule has 3 N–H and O–H groups in total. The summed E-state index contributed by atoms with van der Waals surface area (Å²) >= 11 is 0. The van der Waals surface area contributed by atoms with E-state index in [-0.39, 0.29) is 11.5 Å². The largest absolute Gasteiger partial charge is 0.382 e. The first kappa shape index (κ1) is 16.7. The number of rotatable bonds is 4. The van der Waals surface area contributed by atoms with Gasteiger partial charge in [-0.3, -0.25) is 9.25 Å². The lowest BCUT2D eigenvalue weighted by atomic mass is 9.93. The van der Waals surface area contributed by atoms with Gasteiger partial charge >= 0.3 is 5.69 Å². The number of nitrogens with two attached hydrogens (primary N) is 1. The molecule has 0 aliphatic heterocycles. The van der Waals surface area contributed by atoms with Gasteiger partial charge in [0.05, 0.1) is 18.8 Å². The Kier molecular flexibility index (Phi) is 3.78. The second-order valence-corrected chi connectivity index (χ2v) is 7.36. The molecule has 0 unspecified atom stereocenters. The summed E-state index contributed by atoms with van der Waals surface area (Å²) in [5, 5.41) is 4.50. The molecule has 0 atom stereocenters. The topological polar surface area (TPSA) is 107 Å². The van der Waals surface area contributed by atoms with Gasteiger partial charge in [0, 0.05) is 11.8 Å². The van der Waals surface area contributed by atoms with E-state index in [4.69, 9.17) is 5.73 Å². The van der Waals surface area contributed by atoms with Gasteiger partial charge in [0.2, 0.25) is 0 Å². The fourth-order valence-corrected chi connectivity index (χ4v) is 3.63. The second-order valence-electron chi connectivity index (χ2n) is 7.36. The monoisotopic (exact) mass is 375 g/mol. The molecule has 0 amide bonds. The quantitative estimate of drug-likeness (QED) is 0.570. The average molecular weight is 375 g/mol. The predicted molar refractivity (Wildman–Crippen MR) is 107 cm³/mol. The van der Waals surface area contributed by atoms with Crippen LogP contribution in [0.5, 0.6) is 0 Å². The molecular formula is C20H21N7O. The SMILES string of the molecule is Cc1nc(N)c2[nH]c(=O)n(Cc3ccc(-c4cnn(C5CCC5)c4)cc3)c2n1. The Hall–Kier alpha value is -3.42. The zero-order chi connectivity index (χ0) is 19.3. The van der Waals surface area contributed by atoms with Gasteiger partial charge in [0.1, 0.15) is 11.3 Å². The molecule has 0 saturated heterocycles. The average Bonchev–Trinajstić information content (AvgIpc) is 3.21. The number of benzene rings is 1. The number of aryl methyl sites for hydroxylation is 1. The van der Waals surface area contributed by atoms with Crippen molar-refractivity contribution in [3.63, 3.8) is 0 Å². The van der Waals surface area contributed by atoms with Crippen LogP contribution in [0.15, 0.2) is 41.5 Å². The van der Waals surface area contributed by atoms with Crippen molar-refractivity contribution in [3.8, 4) is 11.1 Å². The van der Waals surface area contributed by atoms with E-state index in [1.165, 1.54) is 19.3 Å². The Balaban J connectivity index is 1.42. The highest BCUT2D eigenvalue weighted by molar-refractivity contribution is 5.81. The maximum Gasteiger partial charge on any atom is 0.328 e. The minimum atomic E-state index is -0.243. The molecule has 1 saturated carbocycles. The minimum absolute atomic E-state index is 0.243. The summed E-state index contributed by atoms with van der Waals surface area (Å²) in [6.07, 6.45) is 7.75. The van der Waals surface area contributed by atoms with E-state index in [1.807, 2.05) is 18.3 Å². The van der Waals surface area contributed by atoms with Gasteiger partial charge in [-0.15, -0.1) is 0 Å². The first-order valence-corrected chi connectivity index (χ1v) is 9.44. The Labute approximate surface area is 161 Å². The standard InChI is InChI=1S/C20H21N7O/c1-12-23-18(21)17-19(24-12)26(20(28)25-17)10-13-5-7-14(8-6-13)15-9-22-27(11-15)16-3-2-4-16/h5-9,11,16H,2-4,10H2,1H3,(H,25,28)(H2,21,23,24). The summed E-state index contributed by atoms with van der Waals surface area (Å²) < 4.78 is 3.66. The van der Waals surface area contributed by atoms with E-state index in [9.17, 15) is 4.79 Å². The normalized spacial score (nSPS) is 14.5. The number of hydrogen-bond donors (Lipinski definition) is 2. The number of nitrogens with zero attached hydrogens (tertiary/aromatic N) is 5. The van der Waals surface area contributed by atoms with Crippen LogP contribution in [0.1, 0.15) is 36.7 Å². The van der Waals surface area contributed by atoms with Crippen molar-refractivity contribution in [3.05, 3.63) is 58.5 Å². The number of hydrogen-bond acceptors (Lipinski definition) is 5. The van der Waals surface area contributed by atoms with Crippen LogP contribution < -0.4 is 11.4 Å². The van der Waals surface area contributed by atoms with Gasteiger partial charge in [-0.25, -0.2) is 14.8 Å². The molecule has 28 heavy (non-hydrogen) atoms. The van der Waals surface area contributed by atoms with E-state index in [1.54, 1.807) is 11.5 Å². The highest BCUT2D eigenvalue weighted by Crippen LogP contribution is 2.32. The molecule has 142 valence electrons. The Morgan fingerprint density at radius 2 is 1.96 bits per heavy atom. The molecule has 1 aliphatic rings. The number of imidazole rings is 1. The van der Waals surface area contributed by atoms with Crippen molar-refractivity contribution in [2.24, 2.45) is 0 Å². The number of fused-ring (bicyclic) bond motifs is 1. The van der Waals surface area contributed by atoms with Gasteiger partial charge in [-0.05, 0) is 37.3 Å². The molecule has 3 aromatic heterocycles.